The molecule has 11 heteroatoms. The van der Waals surface area contributed by atoms with Gasteiger partial charge in [0.1, 0.15) is 12.4 Å². The number of allylic oxidation sites excluding steroid dienone is 3. The Bertz CT molecular complexity index is 1010. The molecule has 0 aromatic carbocycles. The van der Waals surface area contributed by atoms with Gasteiger partial charge in [-0.05, 0) is 44.6 Å². The van der Waals surface area contributed by atoms with Gasteiger partial charge in [-0.3, -0.25) is 14.1 Å². The Morgan fingerprint density at radius 2 is 1.44 bits per heavy atom. The van der Waals surface area contributed by atoms with Crippen LogP contribution in [0.3, 0.4) is 0 Å². The molecule has 50 heavy (non-hydrogen) atoms. The number of ether oxygens (including phenoxy) is 2. The molecule has 0 radical (unpaired) electrons. The number of Topliss-reactive ketones (excluding diaryl/α,β-unsaturated/α-hetero) is 1. The smallest absolute Gasteiger partial charge is 0.469 e. The van der Waals surface area contributed by atoms with Crippen LogP contribution in [-0.2, 0) is 28.2 Å². The molecule has 4 N–H and O–H groups in total. The van der Waals surface area contributed by atoms with Crippen LogP contribution >= 0.6 is 7.82 Å². The maximum atomic E-state index is 12.5. The lowest BCUT2D eigenvalue weighted by Crippen LogP contribution is -2.25. The fraction of sp³-hybridized carbons (Fsp3) is 0.795. The highest BCUT2D eigenvalue weighted by Gasteiger charge is 2.39. The minimum absolute atomic E-state index is 0.0135. The van der Waals surface area contributed by atoms with E-state index in [1.807, 2.05) is 18.2 Å². The van der Waals surface area contributed by atoms with E-state index in [1.165, 1.54) is 70.5 Å². The average molecular weight is 729 g/mol. The summed E-state index contributed by atoms with van der Waals surface area (Å²) in [5.74, 6) is -1.10. The number of esters is 1. The van der Waals surface area contributed by atoms with Crippen LogP contribution in [0.5, 0.6) is 0 Å². The molecule has 10 nitrogen and oxygen atoms in total. The zero-order valence-corrected chi connectivity index (χ0v) is 31.9. The topological polar surface area (TPSA) is 160 Å². The van der Waals surface area contributed by atoms with Crippen molar-refractivity contribution in [1.82, 2.24) is 0 Å². The number of hydrogen-bond acceptors (Lipinski definition) is 8. The largest absolute Gasteiger partial charge is 0.492 e. The predicted molar refractivity (Wildman–Crippen MR) is 198 cm³/mol. The van der Waals surface area contributed by atoms with Gasteiger partial charge < -0.3 is 29.5 Å². The third-order valence-corrected chi connectivity index (χ3v) is 9.64. The summed E-state index contributed by atoms with van der Waals surface area (Å²) < 4.78 is 26.7. The highest BCUT2D eigenvalue weighted by molar-refractivity contribution is 7.46. The van der Waals surface area contributed by atoms with Crippen molar-refractivity contribution in [2.75, 3.05) is 13.2 Å². The Morgan fingerprint density at radius 3 is 2.08 bits per heavy atom. The fourth-order valence-electron chi connectivity index (χ4n) is 6.11. The molecule has 0 spiro atoms. The molecule has 0 unspecified atom stereocenters. The molecule has 1 aliphatic carbocycles. The first-order chi connectivity index (χ1) is 24.1. The van der Waals surface area contributed by atoms with Crippen molar-refractivity contribution in [3.8, 4) is 0 Å². The maximum Gasteiger partial charge on any atom is 0.469 e. The summed E-state index contributed by atoms with van der Waals surface area (Å²) in [6.07, 6.45) is 30.2. The van der Waals surface area contributed by atoms with Gasteiger partial charge in [0.05, 0.1) is 25.1 Å². The van der Waals surface area contributed by atoms with Crippen molar-refractivity contribution in [2.24, 2.45) is 11.8 Å². The van der Waals surface area contributed by atoms with Crippen molar-refractivity contribution >= 4 is 19.6 Å². The quantitative estimate of drug-likeness (QED) is 0.0173. The standard InChI is InChI=1S/C39H69O10P/c1-3-5-7-8-9-10-11-12-13-14-15-16-19-23-29-47-34(32-49-50(44,45)46)31-48-39(43)26-22-18-17-21-25-35-36(38(42)30-37(35)41)28-27-33(40)24-20-6-4-2/h17,21,23,27-29,33-36,38,40,42H,3-16,18-20,22,24-26,30-32H2,1-2H3,(H2,44,45,46)/b21-17-,28-27+,29-23+/t33-,34+,35+,36+,38+/m0/s1. The molecular weight excluding hydrogens is 659 g/mol. The van der Waals surface area contributed by atoms with E-state index in [4.69, 9.17) is 19.3 Å². The number of phosphoric ester groups is 1. The van der Waals surface area contributed by atoms with Gasteiger partial charge in [0.25, 0.3) is 0 Å². The summed E-state index contributed by atoms with van der Waals surface area (Å²) in [4.78, 5) is 43.0. The zero-order valence-electron chi connectivity index (χ0n) is 31.0. The van der Waals surface area contributed by atoms with Gasteiger partial charge in [0.15, 0.2) is 6.10 Å². The first-order valence-corrected chi connectivity index (χ1v) is 21.0. The highest BCUT2D eigenvalue weighted by atomic mass is 31.2. The number of rotatable bonds is 32. The molecule has 0 aromatic rings. The van der Waals surface area contributed by atoms with Crippen LogP contribution in [0, 0.1) is 11.8 Å². The average Bonchev–Trinajstić information content (AvgIpc) is 3.34. The van der Waals surface area contributed by atoms with Crippen molar-refractivity contribution in [1.29, 1.82) is 0 Å². The Balaban J connectivity index is 2.31. The van der Waals surface area contributed by atoms with Crippen molar-refractivity contribution in [2.45, 2.75) is 173 Å². The molecule has 0 aliphatic heterocycles. The number of aliphatic hydroxyl groups is 2. The van der Waals surface area contributed by atoms with Crippen LogP contribution in [0.25, 0.3) is 0 Å². The number of ketones is 1. The van der Waals surface area contributed by atoms with E-state index in [0.29, 0.717) is 25.7 Å². The van der Waals surface area contributed by atoms with E-state index >= 15 is 0 Å². The van der Waals surface area contributed by atoms with Gasteiger partial charge in [-0.1, -0.05) is 128 Å². The molecule has 1 rings (SSSR count). The number of aliphatic hydroxyl groups excluding tert-OH is 2. The van der Waals surface area contributed by atoms with Gasteiger partial charge in [-0.15, -0.1) is 0 Å². The number of carbonyl (C=O) groups excluding carboxylic acids is 2. The Hall–Kier alpha value is -1.81. The second kappa shape index (κ2) is 29.7. The van der Waals surface area contributed by atoms with Crippen LogP contribution in [-0.4, -0.2) is 63.3 Å². The first kappa shape index (κ1) is 46.2. The normalized spacial score (nSPS) is 19.6. The molecular formula is C39H69O10P. The summed E-state index contributed by atoms with van der Waals surface area (Å²) in [5.41, 5.74) is 0. The lowest BCUT2D eigenvalue weighted by Gasteiger charge is -2.17. The summed E-state index contributed by atoms with van der Waals surface area (Å²) in [6.45, 7) is 3.72. The summed E-state index contributed by atoms with van der Waals surface area (Å²) in [6, 6.07) is 0. The molecule has 290 valence electrons. The molecule has 0 amide bonds. The molecule has 1 fully saturated rings. The Labute approximate surface area is 302 Å². The van der Waals surface area contributed by atoms with Crippen molar-refractivity contribution in [3.63, 3.8) is 0 Å². The minimum Gasteiger partial charge on any atom is -0.492 e. The van der Waals surface area contributed by atoms with Crippen molar-refractivity contribution < 1.29 is 48.2 Å². The lowest BCUT2D eigenvalue weighted by molar-refractivity contribution is -0.147. The molecule has 0 heterocycles. The van der Waals surface area contributed by atoms with Crippen LogP contribution in [0.2, 0.25) is 0 Å². The molecule has 0 aromatic heterocycles. The number of phosphoric acid groups is 1. The van der Waals surface area contributed by atoms with Gasteiger partial charge in [0.2, 0.25) is 0 Å². The van der Waals surface area contributed by atoms with Crippen LogP contribution in [0.1, 0.15) is 155 Å². The van der Waals surface area contributed by atoms with Gasteiger partial charge in [0, 0.05) is 24.7 Å². The van der Waals surface area contributed by atoms with Gasteiger partial charge in [-0.25, -0.2) is 4.57 Å². The number of carbonyl (C=O) groups is 2. The zero-order chi connectivity index (χ0) is 36.9. The van der Waals surface area contributed by atoms with E-state index in [1.54, 1.807) is 12.2 Å². The van der Waals surface area contributed by atoms with Gasteiger partial charge >= 0.3 is 13.8 Å². The van der Waals surface area contributed by atoms with E-state index in [-0.39, 0.29) is 37.1 Å². The Kier molecular flexibility index (Phi) is 27.5. The second-order valence-electron chi connectivity index (χ2n) is 13.7. The summed E-state index contributed by atoms with van der Waals surface area (Å²) >= 11 is 0. The van der Waals surface area contributed by atoms with Crippen LogP contribution < -0.4 is 0 Å². The molecule has 1 saturated carbocycles. The molecule has 1 aliphatic rings. The van der Waals surface area contributed by atoms with E-state index in [0.717, 1.165) is 38.5 Å². The maximum absolute atomic E-state index is 12.5. The predicted octanol–water partition coefficient (Wildman–Crippen LogP) is 8.81. The number of unbranched alkanes of at least 4 members (excludes halogenated alkanes) is 15. The molecule has 5 atom stereocenters. The van der Waals surface area contributed by atoms with Crippen molar-refractivity contribution in [3.05, 3.63) is 36.6 Å². The molecule has 0 bridgehead atoms. The third kappa shape index (κ3) is 25.2. The monoisotopic (exact) mass is 728 g/mol. The summed E-state index contributed by atoms with van der Waals surface area (Å²) in [7, 11) is -4.71. The second-order valence-corrected chi connectivity index (χ2v) is 15.0. The van der Waals surface area contributed by atoms with E-state index in [9.17, 15) is 24.4 Å². The minimum atomic E-state index is -4.71. The number of hydrogen-bond donors (Lipinski definition) is 4. The first-order valence-electron chi connectivity index (χ1n) is 19.5. The Morgan fingerprint density at radius 1 is 0.840 bits per heavy atom. The molecule has 0 saturated heterocycles. The van der Waals surface area contributed by atoms with Gasteiger partial charge in [-0.2, -0.15) is 0 Å². The van der Waals surface area contributed by atoms with Crippen LogP contribution in [0.4, 0.5) is 0 Å². The lowest BCUT2D eigenvalue weighted by atomic mass is 9.90. The SMILES string of the molecule is CCCCCCCCCCCCCC/C=C/O[C@H](COC(=O)CCC/C=C\C[C@H]1C(=O)C[C@@H](O)[C@@H]1/C=C/[C@@H](O)CCCCC)COP(=O)(O)O. The highest BCUT2D eigenvalue weighted by Crippen LogP contribution is 2.36. The summed E-state index contributed by atoms with van der Waals surface area (Å²) in [5, 5.41) is 20.6. The van der Waals surface area contributed by atoms with Crippen LogP contribution in [0.15, 0.2) is 36.6 Å². The fourth-order valence-corrected chi connectivity index (χ4v) is 6.47. The van der Waals surface area contributed by atoms with E-state index < -0.39 is 38.7 Å². The van der Waals surface area contributed by atoms with E-state index in [2.05, 4.69) is 18.4 Å². The third-order valence-electron chi connectivity index (χ3n) is 9.15.